The lowest BCUT2D eigenvalue weighted by atomic mass is 9.90. The summed E-state index contributed by atoms with van der Waals surface area (Å²) >= 11 is 6.22. The van der Waals surface area contributed by atoms with Gasteiger partial charge in [-0.2, -0.15) is 0 Å². The minimum atomic E-state index is -3.93. The fraction of sp³-hybridized carbons (Fsp3) is 0.591. The van der Waals surface area contributed by atoms with Gasteiger partial charge in [-0.3, -0.25) is 0 Å². The van der Waals surface area contributed by atoms with E-state index >= 15 is 0 Å². The Labute approximate surface area is 190 Å². The number of piperidine rings is 1. The van der Waals surface area contributed by atoms with E-state index < -0.39 is 26.9 Å². The van der Waals surface area contributed by atoms with Crippen molar-refractivity contribution in [2.24, 2.45) is 0 Å². The summed E-state index contributed by atoms with van der Waals surface area (Å²) in [5, 5.41) is 13.3. The molecule has 1 heterocycles. The molecule has 0 unspecified atom stereocenters. The van der Waals surface area contributed by atoms with Gasteiger partial charge in [-0.15, -0.1) is 0 Å². The Bertz CT molecular complexity index is 1020. The monoisotopic (exact) mass is 468 g/mol. The first kappa shape index (κ1) is 21.1. The number of allylic oxidation sites excluding steroid dienone is 1. The molecule has 3 N–H and O–H groups in total. The lowest BCUT2D eigenvalue weighted by Crippen LogP contribution is -2.47. The number of phenolic OH excluding ortho intramolecular Hbond substituents is 1. The third kappa shape index (κ3) is 4.56. The summed E-state index contributed by atoms with van der Waals surface area (Å²) < 4.78 is 35.0. The minimum Gasteiger partial charge on any atom is -0.504 e. The van der Waals surface area contributed by atoms with Crippen molar-refractivity contribution in [1.29, 1.82) is 0 Å². The Morgan fingerprint density at radius 2 is 1.94 bits per heavy atom. The number of hydrogen-bond acceptors (Lipinski definition) is 5. The number of sulfone groups is 1. The number of benzene rings is 1. The first-order valence-corrected chi connectivity index (χ1v) is 12.9. The summed E-state index contributed by atoms with van der Waals surface area (Å²) in [7, 11) is -3.93. The van der Waals surface area contributed by atoms with E-state index in [1.54, 1.807) is 0 Å². The van der Waals surface area contributed by atoms with Gasteiger partial charge in [0.2, 0.25) is 0 Å². The largest absolute Gasteiger partial charge is 0.504 e. The number of halogens is 1. The van der Waals surface area contributed by atoms with Crippen LogP contribution in [0.2, 0.25) is 6.43 Å². The van der Waals surface area contributed by atoms with Gasteiger partial charge in [0.25, 0.3) is 0 Å². The molecule has 170 valence electrons. The van der Waals surface area contributed by atoms with Crippen LogP contribution in [-0.2, 0) is 9.84 Å². The summed E-state index contributed by atoms with van der Waals surface area (Å²) in [4.78, 5) is 14.5. The van der Waals surface area contributed by atoms with Gasteiger partial charge < -0.3 is 20.6 Å². The maximum atomic E-state index is 13.4. The molecule has 0 aromatic heterocycles. The summed E-state index contributed by atoms with van der Waals surface area (Å²) in [6, 6.07) is 2.27. The molecule has 1 atom stereocenters. The van der Waals surface area contributed by atoms with Gasteiger partial charge in [0.05, 0.1) is 22.0 Å². The summed E-state index contributed by atoms with van der Waals surface area (Å²) in [5.74, 6) is -0.650. The third-order valence-electron chi connectivity index (χ3n) is 6.84. The molecule has 4 rings (SSSR count). The van der Waals surface area contributed by atoms with Crippen molar-refractivity contribution in [2.75, 3.05) is 18.4 Å². The number of nitrogens with zero attached hydrogens (tertiary/aromatic N) is 1. The SMILES string of the molecule is [2H]N(C(=O)N[C@@H]1CCC=C1C)c1ccc(Cl)c(S(=O)(=O)C2CCN(C3CCC3)CC2)c1O. The molecule has 2 fully saturated rings. The Kier molecular flexibility index (Phi) is 6.12. The number of rotatable bonds is 5. The predicted molar refractivity (Wildman–Crippen MR) is 121 cm³/mol. The fourth-order valence-electron chi connectivity index (χ4n) is 4.69. The number of nitrogens with one attached hydrogen (secondary N) is 2. The molecule has 9 heteroatoms. The molecule has 2 amide bonds. The van der Waals surface area contributed by atoms with Crippen LogP contribution in [0.5, 0.6) is 5.75 Å². The standard InChI is InChI=1S/C22H30ClN3O4S/c1-14-4-2-7-18(14)24-22(28)25-19-9-8-17(23)21(20(19)27)31(29,30)16-10-12-26(13-11-16)15-5-3-6-15/h4,8-9,15-16,18,27H,2-3,5-7,10-13H2,1H3,(H2,24,25,28)/t18-/m1/s1/i/hD. The van der Waals surface area contributed by atoms with Crippen molar-refractivity contribution in [3.05, 3.63) is 28.8 Å². The molecule has 1 aromatic rings. The van der Waals surface area contributed by atoms with Crippen molar-refractivity contribution in [3.8, 4) is 5.75 Å². The summed E-state index contributed by atoms with van der Waals surface area (Å²) in [6.07, 6.45) is 8.13. The maximum absolute atomic E-state index is 13.4. The maximum Gasteiger partial charge on any atom is 0.319 e. The van der Waals surface area contributed by atoms with Gasteiger partial charge in [0.15, 0.2) is 17.0 Å². The van der Waals surface area contributed by atoms with Crippen molar-refractivity contribution >= 4 is 33.2 Å². The van der Waals surface area contributed by atoms with Crippen LogP contribution in [0.3, 0.4) is 0 Å². The van der Waals surface area contributed by atoms with Crippen LogP contribution in [0.1, 0.15) is 51.9 Å². The number of anilines is 1. The number of urea groups is 1. The van der Waals surface area contributed by atoms with E-state index in [0.29, 0.717) is 37.3 Å². The Morgan fingerprint density at radius 1 is 1.23 bits per heavy atom. The number of amides is 2. The quantitative estimate of drug-likeness (QED) is 0.447. The summed E-state index contributed by atoms with van der Waals surface area (Å²) in [6.45, 7) is 3.31. The van der Waals surface area contributed by atoms with Crippen LogP contribution in [0.4, 0.5) is 10.5 Å². The van der Waals surface area contributed by atoms with E-state index in [0.717, 1.165) is 18.4 Å². The molecule has 1 aliphatic heterocycles. The van der Waals surface area contributed by atoms with Gasteiger partial charge in [-0.1, -0.05) is 29.7 Å². The number of phenols is 1. The van der Waals surface area contributed by atoms with Crippen LogP contribution >= 0.6 is 11.6 Å². The van der Waals surface area contributed by atoms with Gasteiger partial charge in [0.1, 0.15) is 4.90 Å². The topological polar surface area (TPSA) is 98.7 Å². The Morgan fingerprint density at radius 3 is 2.52 bits per heavy atom. The first-order chi connectivity index (χ1) is 15.2. The summed E-state index contributed by atoms with van der Waals surface area (Å²) in [5.41, 5.74) is 0.806. The lowest BCUT2D eigenvalue weighted by molar-refractivity contribution is 0.106. The molecular formula is C22H30ClN3O4S. The highest BCUT2D eigenvalue weighted by Gasteiger charge is 2.37. The van der Waals surface area contributed by atoms with Gasteiger partial charge >= 0.3 is 6.03 Å². The van der Waals surface area contributed by atoms with Gasteiger partial charge in [-0.05, 0) is 70.7 Å². The van der Waals surface area contributed by atoms with E-state index in [1.807, 2.05) is 13.0 Å². The third-order valence-corrected chi connectivity index (χ3v) is 9.60. The molecule has 3 aliphatic rings. The normalized spacial score (nSPS) is 23.7. The van der Waals surface area contributed by atoms with Crippen LogP contribution < -0.4 is 10.6 Å². The molecule has 1 saturated carbocycles. The molecule has 0 radical (unpaired) electrons. The lowest BCUT2D eigenvalue weighted by Gasteiger charge is -2.41. The van der Waals surface area contributed by atoms with E-state index in [4.69, 9.17) is 13.0 Å². The molecule has 7 nitrogen and oxygen atoms in total. The molecular weight excluding hydrogens is 438 g/mol. The highest BCUT2D eigenvalue weighted by molar-refractivity contribution is 7.92. The number of carbonyl (C=O) groups excluding carboxylic acids is 1. The molecule has 0 spiro atoms. The Hall–Kier alpha value is -1.77. The van der Waals surface area contributed by atoms with Crippen LogP contribution in [0.25, 0.3) is 0 Å². The smallest absolute Gasteiger partial charge is 0.319 e. The fourth-order valence-corrected chi connectivity index (χ4v) is 7.04. The Balaban J connectivity index is 1.53. The van der Waals surface area contributed by atoms with Gasteiger partial charge in [-0.25, -0.2) is 13.2 Å². The van der Waals surface area contributed by atoms with E-state index in [1.165, 1.54) is 31.4 Å². The molecule has 0 bridgehead atoms. The highest BCUT2D eigenvalue weighted by atomic mass is 35.5. The molecule has 31 heavy (non-hydrogen) atoms. The molecule has 1 saturated heterocycles. The predicted octanol–water partition coefficient (Wildman–Crippen LogP) is 4.07. The number of carbonyl (C=O) groups is 1. The van der Waals surface area contributed by atoms with E-state index in [-0.39, 0.29) is 21.6 Å². The zero-order valence-corrected chi connectivity index (χ0v) is 19.3. The molecule has 2 aliphatic carbocycles. The van der Waals surface area contributed by atoms with Crippen LogP contribution in [0.15, 0.2) is 28.7 Å². The van der Waals surface area contributed by atoms with Crippen molar-refractivity contribution < 1.29 is 19.7 Å². The average molecular weight is 469 g/mol. The minimum absolute atomic E-state index is 0.101. The number of likely N-dealkylation sites (tertiary alicyclic amines) is 1. The zero-order valence-electron chi connectivity index (χ0n) is 18.7. The van der Waals surface area contributed by atoms with Gasteiger partial charge in [0, 0.05) is 6.04 Å². The van der Waals surface area contributed by atoms with Crippen molar-refractivity contribution in [1.82, 2.24) is 10.2 Å². The number of hydrogen-bond donors (Lipinski definition) is 3. The van der Waals surface area contributed by atoms with Crippen LogP contribution in [0, 0.1) is 0 Å². The second-order valence-electron chi connectivity index (χ2n) is 8.75. The second-order valence-corrected chi connectivity index (χ2v) is 11.3. The molecule has 1 aromatic carbocycles. The van der Waals surface area contributed by atoms with E-state index in [2.05, 4.69) is 10.2 Å². The first-order valence-electron chi connectivity index (χ1n) is 11.4. The second kappa shape index (κ2) is 9.00. The number of aromatic hydroxyl groups is 1. The van der Waals surface area contributed by atoms with E-state index in [9.17, 15) is 18.3 Å². The highest BCUT2D eigenvalue weighted by Crippen LogP contribution is 2.41. The zero-order chi connectivity index (χ0) is 23.0. The van der Waals surface area contributed by atoms with Crippen molar-refractivity contribution in [2.45, 2.75) is 74.1 Å². The van der Waals surface area contributed by atoms with Crippen molar-refractivity contribution in [3.63, 3.8) is 0 Å². The average Bonchev–Trinajstić information content (AvgIpc) is 3.11. The van der Waals surface area contributed by atoms with Crippen LogP contribution in [-0.4, -0.2) is 54.9 Å².